The quantitative estimate of drug-likeness (QED) is 0.399. The number of nitrogen functional groups attached to an aromatic ring is 1. The average molecular weight is 398 g/mol. The number of nitrogens with two attached hydrogens (primary N) is 1. The van der Waals surface area contributed by atoms with Crippen LogP contribution in [0, 0.1) is 0 Å². The molecule has 3 aromatic rings. The summed E-state index contributed by atoms with van der Waals surface area (Å²) >= 11 is 0. The van der Waals surface area contributed by atoms with Crippen molar-refractivity contribution in [3.63, 3.8) is 0 Å². The Hall–Kier alpha value is -2.79. The van der Waals surface area contributed by atoms with Crippen LogP contribution in [-0.4, -0.2) is 65.8 Å². The zero-order valence-electron chi connectivity index (χ0n) is 15.5. The van der Waals surface area contributed by atoms with Gasteiger partial charge in [0, 0.05) is 12.0 Å². The maximum absolute atomic E-state index is 10.3. The van der Waals surface area contributed by atoms with Crippen LogP contribution in [0.4, 0.5) is 11.8 Å². The molecule has 6 atom stereocenters. The highest BCUT2D eigenvalue weighted by Gasteiger charge is 2.44. The molecule has 2 fully saturated rings. The van der Waals surface area contributed by atoms with Crippen LogP contribution in [0.15, 0.2) is 36.7 Å². The van der Waals surface area contributed by atoms with Crippen molar-refractivity contribution in [2.75, 3.05) is 17.7 Å². The minimum atomic E-state index is -1.23. The number of fused-ring (bicyclic) bond motifs is 1. The molecule has 0 radical (unpaired) electrons. The van der Waals surface area contributed by atoms with Gasteiger partial charge in [-0.05, 0) is 12.0 Å². The van der Waals surface area contributed by atoms with Crippen molar-refractivity contribution >= 4 is 22.9 Å². The molecule has 6 N–H and O–H groups in total. The fraction of sp³-hybridized carbons (Fsp3) is 0.421. The predicted octanol–water partition coefficient (Wildman–Crippen LogP) is -0.0120. The van der Waals surface area contributed by atoms with Crippen molar-refractivity contribution in [3.8, 4) is 0 Å². The van der Waals surface area contributed by atoms with Gasteiger partial charge in [0.1, 0.15) is 23.8 Å². The normalized spacial score (nSPS) is 31.3. The molecule has 5 rings (SSSR count). The molecule has 1 aromatic carbocycles. The number of aromatic nitrogens is 4. The molecule has 2 aliphatic rings. The van der Waals surface area contributed by atoms with Gasteiger partial charge in [-0.3, -0.25) is 4.57 Å². The Kier molecular flexibility index (Phi) is 4.36. The smallest absolute Gasteiger partial charge is 0.227 e. The number of rotatable bonds is 5. The summed E-state index contributed by atoms with van der Waals surface area (Å²) in [6, 6.07) is 10.4. The molecule has 4 unspecified atom stereocenters. The lowest BCUT2D eigenvalue weighted by atomic mass is 10.1. The number of hydrogen-bond donors (Lipinski definition) is 5. The molecule has 10 nitrogen and oxygen atoms in total. The summed E-state index contributed by atoms with van der Waals surface area (Å²) in [4.78, 5) is 13.0. The Morgan fingerprint density at radius 1 is 1.17 bits per heavy atom. The molecule has 0 amide bonds. The van der Waals surface area contributed by atoms with E-state index in [1.54, 1.807) is 0 Å². The van der Waals surface area contributed by atoms with Crippen LogP contribution in [0.2, 0.25) is 0 Å². The predicted molar refractivity (Wildman–Crippen MR) is 104 cm³/mol. The summed E-state index contributed by atoms with van der Waals surface area (Å²) in [5, 5.41) is 33.0. The van der Waals surface area contributed by atoms with Crippen LogP contribution >= 0.6 is 0 Å². The first-order valence-corrected chi connectivity index (χ1v) is 9.51. The number of aliphatic hydroxyl groups excluding tert-OH is 3. The van der Waals surface area contributed by atoms with Gasteiger partial charge >= 0.3 is 0 Å². The van der Waals surface area contributed by atoms with Crippen molar-refractivity contribution in [2.45, 2.75) is 42.9 Å². The number of nitrogens with one attached hydrogen (secondary N) is 1. The van der Waals surface area contributed by atoms with E-state index in [4.69, 9.17) is 10.5 Å². The molecule has 0 spiro atoms. The third-order valence-corrected chi connectivity index (χ3v) is 5.57. The fourth-order valence-corrected chi connectivity index (χ4v) is 3.89. The van der Waals surface area contributed by atoms with Crippen LogP contribution in [0.1, 0.15) is 24.1 Å². The van der Waals surface area contributed by atoms with E-state index in [-0.39, 0.29) is 11.9 Å². The van der Waals surface area contributed by atoms with Crippen LogP contribution in [-0.2, 0) is 4.74 Å². The molecule has 2 aromatic heterocycles. The van der Waals surface area contributed by atoms with Crippen molar-refractivity contribution in [1.29, 1.82) is 0 Å². The van der Waals surface area contributed by atoms with Gasteiger partial charge in [0.15, 0.2) is 17.7 Å². The highest BCUT2D eigenvalue weighted by atomic mass is 16.6. The third-order valence-electron chi connectivity index (χ3n) is 5.57. The van der Waals surface area contributed by atoms with E-state index in [9.17, 15) is 15.3 Å². The summed E-state index contributed by atoms with van der Waals surface area (Å²) in [6.45, 7) is -0.409. The Morgan fingerprint density at radius 2 is 1.97 bits per heavy atom. The molecule has 29 heavy (non-hydrogen) atoms. The highest BCUT2D eigenvalue weighted by Crippen LogP contribution is 2.42. The van der Waals surface area contributed by atoms with Gasteiger partial charge in [-0.2, -0.15) is 9.97 Å². The van der Waals surface area contributed by atoms with E-state index in [2.05, 4.69) is 32.4 Å². The van der Waals surface area contributed by atoms with Gasteiger partial charge < -0.3 is 31.1 Å². The molecular weight excluding hydrogens is 376 g/mol. The maximum Gasteiger partial charge on any atom is 0.227 e. The van der Waals surface area contributed by atoms with Crippen LogP contribution in [0.3, 0.4) is 0 Å². The molecule has 1 saturated heterocycles. The van der Waals surface area contributed by atoms with Crippen LogP contribution in [0.5, 0.6) is 0 Å². The number of benzene rings is 1. The molecule has 1 saturated carbocycles. The summed E-state index contributed by atoms with van der Waals surface area (Å²) in [6.07, 6.45) is -1.86. The lowest BCUT2D eigenvalue weighted by molar-refractivity contribution is -0.0511. The number of ether oxygens (including phenoxy) is 1. The minimum Gasteiger partial charge on any atom is -0.394 e. The number of imidazole rings is 1. The van der Waals surface area contributed by atoms with E-state index in [0.29, 0.717) is 23.0 Å². The molecule has 152 valence electrons. The van der Waals surface area contributed by atoms with E-state index in [0.717, 1.165) is 6.42 Å². The monoisotopic (exact) mass is 398 g/mol. The van der Waals surface area contributed by atoms with E-state index < -0.39 is 31.1 Å². The molecular formula is C19H22N6O4. The summed E-state index contributed by atoms with van der Waals surface area (Å²) in [5.41, 5.74) is 8.09. The lowest BCUT2D eigenvalue weighted by Crippen LogP contribution is -2.33. The first-order valence-electron chi connectivity index (χ1n) is 9.51. The highest BCUT2D eigenvalue weighted by molar-refractivity contribution is 5.83. The fourth-order valence-electron chi connectivity index (χ4n) is 3.89. The summed E-state index contributed by atoms with van der Waals surface area (Å²) in [5.74, 6) is 0.967. The third kappa shape index (κ3) is 3.10. The summed E-state index contributed by atoms with van der Waals surface area (Å²) in [7, 11) is 0. The van der Waals surface area contributed by atoms with Gasteiger partial charge in [-0.25, -0.2) is 4.98 Å². The topological polar surface area (TPSA) is 152 Å². The molecule has 0 bridgehead atoms. The van der Waals surface area contributed by atoms with Gasteiger partial charge in [0.25, 0.3) is 0 Å². The zero-order chi connectivity index (χ0) is 20.1. The lowest BCUT2D eigenvalue weighted by Gasteiger charge is -2.17. The van der Waals surface area contributed by atoms with Crippen molar-refractivity contribution in [2.24, 2.45) is 0 Å². The first kappa shape index (κ1) is 18.3. The first-order chi connectivity index (χ1) is 14.1. The second-order valence-electron chi connectivity index (χ2n) is 7.49. The second-order valence-corrected chi connectivity index (χ2v) is 7.49. The number of anilines is 2. The number of aliphatic hydroxyl groups is 3. The van der Waals surface area contributed by atoms with E-state index in [1.165, 1.54) is 16.5 Å². The summed E-state index contributed by atoms with van der Waals surface area (Å²) < 4.78 is 7.09. The van der Waals surface area contributed by atoms with E-state index in [1.807, 2.05) is 18.2 Å². The Morgan fingerprint density at radius 3 is 2.69 bits per heavy atom. The Labute approximate surface area is 166 Å². The molecule has 1 aliphatic heterocycles. The standard InChI is InChI=1S/C19H22N6O4/c20-16-13-17(25(8-21-13)18-15(28)14(27)12(7-26)29-18)24-19(23-16)22-11-6-10(11)9-4-2-1-3-5-9/h1-5,8,10-12,14-15,18,26-28H,6-7H2,(H3,20,22,23,24)/t10?,11?,12-,14?,15?,18-/m1/s1. The van der Waals surface area contributed by atoms with Gasteiger partial charge in [-0.15, -0.1) is 0 Å². The number of nitrogens with zero attached hydrogens (tertiary/aromatic N) is 4. The van der Waals surface area contributed by atoms with Gasteiger partial charge in [-0.1, -0.05) is 30.3 Å². The van der Waals surface area contributed by atoms with Crippen molar-refractivity contribution in [1.82, 2.24) is 19.5 Å². The maximum atomic E-state index is 10.3. The molecule has 10 heteroatoms. The van der Waals surface area contributed by atoms with Crippen LogP contribution < -0.4 is 11.1 Å². The second kappa shape index (κ2) is 6.92. The van der Waals surface area contributed by atoms with Gasteiger partial charge in [0.05, 0.1) is 12.9 Å². The average Bonchev–Trinajstić information content (AvgIpc) is 3.27. The molecule has 3 heterocycles. The van der Waals surface area contributed by atoms with Crippen molar-refractivity contribution < 1.29 is 20.1 Å². The molecule has 1 aliphatic carbocycles. The minimum absolute atomic E-state index is 0.208. The van der Waals surface area contributed by atoms with Crippen LogP contribution in [0.25, 0.3) is 11.2 Å². The zero-order valence-corrected chi connectivity index (χ0v) is 15.5. The Bertz CT molecular complexity index is 1030. The van der Waals surface area contributed by atoms with E-state index >= 15 is 0 Å². The Balaban J connectivity index is 1.42. The SMILES string of the molecule is Nc1nc(NC2CC2c2ccccc2)nc2c1ncn2[C@@H]1O[C@H](CO)C(O)C1O. The number of hydrogen-bond acceptors (Lipinski definition) is 9. The largest absolute Gasteiger partial charge is 0.394 e. The van der Waals surface area contributed by atoms with Gasteiger partial charge in [0.2, 0.25) is 5.95 Å². The van der Waals surface area contributed by atoms with Crippen molar-refractivity contribution in [3.05, 3.63) is 42.2 Å².